The van der Waals surface area contributed by atoms with E-state index in [0.717, 1.165) is 33.4 Å². The summed E-state index contributed by atoms with van der Waals surface area (Å²) in [5, 5.41) is 2.58. The molecule has 0 fully saturated rings. The van der Waals surface area contributed by atoms with E-state index >= 15 is 0 Å². The average molecular weight is 375 g/mol. The number of aromatic amines is 1. The average Bonchev–Trinajstić information content (AvgIpc) is 3.13. The van der Waals surface area contributed by atoms with Crippen LogP contribution >= 0.6 is 0 Å². The standard InChI is InChI=1S/C20H17N5O3/c1-27-16-6-5-13(11-23-16)17-18(24-14-4-3-8-22-19(14)17)12-7-9-21-15(10-12)25-20(26)28-2/h3-11,24H,1-2H3,(H,21,25,26). The third-order valence-corrected chi connectivity index (χ3v) is 4.25. The number of hydrogen-bond donors (Lipinski definition) is 2. The van der Waals surface area contributed by atoms with Crippen LogP contribution < -0.4 is 10.1 Å². The fraction of sp³-hybridized carbons (Fsp3) is 0.100. The van der Waals surface area contributed by atoms with Crippen molar-refractivity contribution in [3.63, 3.8) is 0 Å². The zero-order chi connectivity index (χ0) is 19.5. The minimum absolute atomic E-state index is 0.384. The summed E-state index contributed by atoms with van der Waals surface area (Å²) >= 11 is 0. The minimum atomic E-state index is -0.581. The van der Waals surface area contributed by atoms with Gasteiger partial charge in [-0.15, -0.1) is 0 Å². The van der Waals surface area contributed by atoms with Crippen molar-refractivity contribution in [2.24, 2.45) is 0 Å². The Morgan fingerprint density at radius 2 is 1.93 bits per heavy atom. The summed E-state index contributed by atoms with van der Waals surface area (Å²) in [5.74, 6) is 0.918. The maximum Gasteiger partial charge on any atom is 0.412 e. The number of rotatable bonds is 4. The summed E-state index contributed by atoms with van der Waals surface area (Å²) in [5.41, 5.74) is 5.19. The van der Waals surface area contributed by atoms with Crippen molar-refractivity contribution in [1.29, 1.82) is 0 Å². The van der Waals surface area contributed by atoms with E-state index in [-0.39, 0.29) is 0 Å². The highest BCUT2D eigenvalue weighted by atomic mass is 16.5. The summed E-state index contributed by atoms with van der Waals surface area (Å²) < 4.78 is 9.79. The summed E-state index contributed by atoms with van der Waals surface area (Å²) in [6, 6.07) is 11.2. The Morgan fingerprint density at radius 3 is 2.68 bits per heavy atom. The van der Waals surface area contributed by atoms with Gasteiger partial charge in [-0.1, -0.05) is 0 Å². The molecular weight excluding hydrogens is 358 g/mol. The lowest BCUT2D eigenvalue weighted by atomic mass is 10.0. The normalized spacial score (nSPS) is 10.6. The van der Waals surface area contributed by atoms with E-state index in [4.69, 9.17) is 4.74 Å². The van der Waals surface area contributed by atoms with Gasteiger partial charge in [0, 0.05) is 41.3 Å². The smallest absolute Gasteiger partial charge is 0.412 e. The van der Waals surface area contributed by atoms with E-state index in [0.29, 0.717) is 11.7 Å². The second-order valence-electron chi connectivity index (χ2n) is 5.91. The number of nitrogens with one attached hydrogen (secondary N) is 2. The van der Waals surface area contributed by atoms with Gasteiger partial charge in [-0.2, -0.15) is 0 Å². The molecule has 0 aromatic carbocycles. The van der Waals surface area contributed by atoms with Gasteiger partial charge in [-0.05, 0) is 30.3 Å². The van der Waals surface area contributed by atoms with Crippen LogP contribution in [0.2, 0.25) is 0 Å². The molecule has 0 bridgehead atoms. The monoisotopic (exact) mass is 375 g/mol. The lowest BCUT2D eigenvalue weighted by Crippen LogP contribution is -2.11. The predicted octanol–water partition coefficient (Wildman–Crippen LogP) is 3.87. The van der Waals surface area contributed by atoms with Gasteiger partial charge in [0.1, 0.15) is 5.82 Å². The van der Waals surface area contributed by atoms with Gasteiger partial charge < -0.3 is 14.5 Å². The van der Waals surface area contributed by atoms with E-state index < -0.39 is 6.09 Å². The van der Waals surface area contributed by atoms with Crippen molar-refractivity contribution in [3.8, 4) is 28.3 Å². The van der Waals surface area contributed by atoms with E-state index in [9.17, 15) is 4.79 Å². The molecule has 4 aromatic heterocycles. The number of nitrogens with zero attached hydrogens (tertiary/aromatic N) is 3. The number of anilines is 1. The van der Waals surface area contributed by atoms with Gasteiger partial charge in [-0.3, -0.25) is 10.3 Å². The fourth-order valence-electron chi connectivity index (χ4n) is 2.98. The molecule has 4 rings (SSSR count). The first-order valence-corrected chi connectivity index (χ1v) is 8.48. The quantitative estimate of drug-likeness (QED) is 0.561. The Hall–Kier alpha value is -3.94. The largest absolute Gasteiger partial charge is 0.481 e. The highest BCUT2D eigenvalue weighted by Gasteiger charge is 2.17. The molecule has 8 heteroatoms. The van der Waals surface area contributed by atoms with Crippen LogP contribution in [0.15, 0.2) is 55.0 Å². The first-order chi connectivity index (χ1) is 13.7. The van der Waals surface area contributed by atoms with Crippen molar-refractivity contribution in [1.82, 2.24) is 19.9 Å². The Kier molecular flexibility index (Phi) is 4.59. The molecule has 0 aliphatic rings. The third-order valence-electron chi connectivity index (χ3n) is 4.25. The Bertz CT molecular complexity index is 1140. The Labute approximate surface area is 160 Å². The van der Waals surface area contributed by atoms with Crippen molar-refractivity contribution in [3.05, 3.63) is 55.0 Å². The summed E-state index contributed by atoms with van der Waals surface area (Å²) in [6.45, 7) is 0. The topological polar surface area (TPSA) is 102 Å². The molecule has 0 unspecified atom stereocenters. The van der Waals surface area contributed by atoms with Crippen LogP contribution in [0.25, 0.3) is 33.4 Å². The lowest BCUT2D eigenvalue weighted by molar-refractivity contribution is 0.187. The van der Waals surface area contributed by atoms with Crippen LogP contribution in [-0.4, -0.2) is 40.2 Å². The summed E-state index contributed by atoms with van der Waals surface area (Å²) in [4.78, 5) is 27.9. The second-order valence-corrected chi connectivity index (χ2v) is 5.91. The molecule has 2 N–H and O–H groups in total. The number of carbonyl (C=O) groups excluding carboxylic acids is 1. The predicted molar refractivity (Wildman–Crippen MR) is 105 cm³/mol. The van der Waals surface area contributed by atoms with E-state index in [1.165, 1.54) is 7.11 Å². The molecule has 4 aromatic rings. The molecule has 4 heterocycles. The van der Waals surface area contributed by atoms with Crippen molar-refractivity contribution < 1.29 is 14.3 Å². The molecule has 0 spiro atoms. The zero-order valence-electron chi connectivity index (χ0n) is 15.3. The third kappa shape index (κ3) is 3.23. The first-order valence-electron chi connectivity index (χ1n) is 8.48. The number of methoxy groups -OCH3 is 2. The number of H-pyrrole nitrogens is 1. The van der Waals surface area contributed by atoms with Crippen LogP contribution in [0.4, 0.5) is 10.6 Å². The number of ether oxygens (including phenoxy) is 2. The molecule has 1 amide bonds. The summed E-state index contributed by atoms with van der Waals surface area (Å²) in [6.07, 6.45) is 4.53. The minimum Gasteiger partial charge on any atom is -0.481 e. The zero-order valence-corrected chi connectivity index (χ0v) is 15.3. The molecule has 28 heavy (non-hydrogen) atoms. The molecule has 0 saturated carbocycles. The highest BCUT2D eigenvalue weighted by molar-refractivity contribution is 6.01. The number of pyridine rings is 3. The number of amides is 1. The molecule has 0 aliphatic carbocycles. The highest BCUT2D eigenvalue weighted by Crippen LogP contribution is 2.37. The van der Waals surface area contributed by atoms with Gasteiger partial charge >= 0.3 is 6.09 Å². The van der Waals surface area contributed by atoms with E-state index in [1.54, 1.807) is 37.8 Å². The van der Waals surface area contributed by atoms with Crippen LogP contribution in [0.1, 0.15) is 0 Å². The molecule has 8 nitrogen and oxygen atoms in total. The molecule has 0 radical (unpaired) electrons. The van der Waals surface area contributed by atoms with Gasteiger partial charge in [0.15, 0.2) is 0 Å². The maximum absolute atomic E-state index is 11.5. The van der Waals surface area contributed by atoms with Crippen LogP contribution in [0.5, 0.6) is 5.88 Å². The maximum atomic E-state index is 11.5. The van der Waals surface area contributed by atoms with Crippen LogP contribution in [0.3, 0.4) is 0 Å². The van der Waals surface area contributed by atoms with Crippen LogP contribution in [-0.2, 0) is 4.74 Å². The van der Waals surface area contributed by atoms with E-state index in [2.05, 4.69) is 30.0 Å². The molecule has 0 saturated heterocycles. The first kappa shape index (κ1) is 17.5. The van der Waals surface area contributed by atoms with Crippen molar-refractivity contribution in [2.75, 3.05) is 19.5 Å². The Morgan fingerprint density at radius 1 is 1.04 bits per heavy atom. The summed E-state index contributed by atoms with van der Waals surface area (Å²) in [7, 11) is 2.88. The number of fused-ring (bicyclic) bond motifs is 1. The number of carbonyl (C=O) groups is 1. The number of aromatic nitrogens is 4. The molecule has 140 valence electrons. The van der Waals surface area contributed by atoms with Crippen LogP contribution in [0, 0.1) is 0 Å². The SMILES string of the molecule is COC(=O)Nc1cc(-c2[nH]c3cccnc3c2-c2ccc(OC)nc2)ccn1. The fourth-order valence-corrected chi connectivity index (χ4v) is 2.98. The second kappa shape index (κ2) is 7.36. The van der Waals surface area contributed by atoms with Gasteiger partial charge in [0.25, 0.3) is 0 Å². The van der Waals surface area contributed by atoms with E-state index in [1.807, 2.05) is 24.3 Å². The van der Waals surface area contributed by atoms with Gasteiger partial charge in [0.2, 0.25) is 5.88 Å². The van der Waals surface area contributed by atoms with Crippen molar-refractivity contribution in [2.45, 2.75) is 0 Å². The molecule has 0 atom stereocenters. The van der Waals surface area contributed by atoms with Gasteiger partial charge in [-0.25, -0.2) is 14.8 Å². The molecule has 0 aliphatic heterocycles. The van der Waals surface area contributed by atoms with Gasteiger partial charge in [0.05, 0.1) is 30.9 Å². The molecular formula is C20H17N5O3. The Balaban J connectivity index is 1.87. The number of hydrogen-bond acceptors (Lipinski definition) is 6. The lowest BCUT2D eigenvalue weighted by Gasteiger charge is -2.08. The van der Waals surface area contributed by atoms with Crippen molar-refractivity contribution >= 4 is 22.9 Å².